The first-order valence-electron chi connectivity index (χ1n) is 16.4. The summed E-state index contributed by atoms with van der Waals surface area (Å²) < 4.78 is 11.5. The van der Waals surface area contributed by atoms with Crippen LogP contribution in [0.1, 0.15) is 38.7 Å². The molecule has 7 rings (SSSR count). The minimum Gasteiger partial charge on any atom is -0.457 e. The number of hydrogen-bond acceptors (Lipinski definition) is 6. The van der Waals surface area contributed by atoms with Gasteiger partial charge in [-0.05, 0) is 46.5 Å². The Morgan fingerprint density at radius 1 is 0.560 bits per heavy atom. The van der Waals surface area contributed by atoms with Crippen LogP contribution in [0.5, 0.6) is 0 Å². The number of carbonyl (C=O) groups excluding carboxylic acids is 2. The van der Waals surface area contributed by atoms with Crippen molar-refractivity contribution in [3.8, 4) is 22.5 Å². The standard InChI is InChI=1S/C44H34N2O4/c47-43(37-25-39(33-13-5-1-6-14-33)45-40(26-37)34-15-7-2-8-16-34)49-29-31-21-23-32(24-22-31)30-50-44(48)38-27-41(35-17-9-3-10-18-35)46-42(28-38)36-19-11-4-12-20-36/h1-28,39,45H,29-30H2. The number of dihydropyridines is 1. The zero-order valence-corrected chi connectivity index (χ0v) is 27.2. The van der Waals surface area contributed by atoms with Crippen LogP contribution in [-0.4, -0.2) is 16.9 Å². The van der Waals surface area contributed by atoms with Crippen molar-refractivity contribution >= 4 is 17.6 Å². The van der Waals surface area contributed by atoms with E-state index in [1.54, 1.807) is 12.1 Å². The highest BCUT2D eigenvalue weighted by molar-refractivity contribution is 5.95. The third kappa shape index (κ3) is 7.77. The molecule has 6 heteroatoms. The lowest BCUT2D eigenvalue weighted by atomic mass is 9.97. The number of pyridine rings is 1. The van der Waals surface area contributed by atoms with Gasteiger partial charge in [0, 0.05) is 16.8 Å². The van der Waals surface area contributed by atoms with E-state index in [4.69, 9.17) is 14.5 Å². The van der Waals surface area contributed by atoms with Crippen molar-refractivity contribution in [3.63, 3.8) is 0 Å². The molecule has 1 unspecified atom stereocenters. The topological polar surface area (TPSA) is 77.5 Å². The van der Waals surface area contributed by atoms with Crippen molar-refractivity contribution in [2.24, 2.45) is 0 Å². The highest BCUT2D eigenvalue weighted by Gasteiger charge is 2.22. The number of ether oxygens (including phenoxy) is 2. The van der Waals surface area contributed by atoms with Crippen LogP contribution in [-0.2, 0) is 27.5 Å². The van der Waals surface area contributed by atoms with Gasteiger partial charge in [0.2, 0.25) is 0 Å². The van der Waals surface area contributed by atoms with Crippen LogP contribution in [0.25, 0.3) is 28.2 Å². The van der Waals surface area contributed by atoms with Crippen LogP contribution in [0, 0.1) is 0 Å². The van der Waals surface area contributed by atoms with Crippen molar-refractivity contribution in [3.05, 3.63) is 203 Å². The minimum absolute atomic E-state index is 0.0936. The van der Waals surface area contributed by atoms with Crippen molar-refractivity contribution in [2.45, 2.75) is 19.3 Å². The fourth-order valence-electron chi connectivity index (χ4n) is 5.74. The average Bonchev–Trinajstić information content (AvgIpc) is 3.20. The van der Waals surface area contributed by atoms with Crippen LogP contribution in [0.2, 0.25) is 0 Å². The Morgan fingerprint density at radius 3 is 1.54 bits per heavy atom. The number of nitrogens with zero attached hydrogens (tertiary/aromatic N) is 1. The summed E-state index contributed by atoms with van der Waals surface area (Å²) >= 11 is 0. The highest BCUT2D eigenvalue weighted by atomic mass is 16.5. The van der Waals surface area contributed by atoms with Crippen LogP contribution in [0.3, 0.4) is 0 Å². The maximum Gasteiger partial charge on any atom is 0.338 e. The maximum absolute atomic E-state index is 13.3. The van der Waals surface area contributed by atoms with Gasteiger partial charge in [0.05, 0.1) is 28.6 Å². The van der Waals surface area contributed by atoms with E-state index < -0.39 is 11.9 Å². The fraction of sp³-hybridized carbons (Fsp3) is 0.0682. The first kappa shape index (κ1) is 32.0. The van der Waals surface area contributed by atoms with Gasteiger partial charge in [0.15, 0.2) is 0 Å². The molecule has 5 aromatic carbocycles. The lowest BCUT2D eigenvalue weighted by molar-refractivity contribution is -0.139. The molecule has 244 valence electrons. The molecule has 50 heavy (non-hydrogen) atoms. The van der Waals surface area contributed by atoms with E-state index in [1.807, 2.05) is 158 Å². The van der Waals surface area contributed by atoms with Gasteiger partial charge in [-0.1, -0.05) is 146 Å². The molecule has 1 N–H and O–H groups in total. The highest BCUT2D eigenvalue weighted by Crippen LogP contribution is 2.29. The van der Waals surface area contributed by atoms with Crippen LogP contribution in [0.15, 0.2) is 175 Å². The fourth-order valence-corrected chi connectivity index (χ4v) is 5.74. The van der Waals surface area contributed by atoms with Crippen LogP contribution in [0.4, 0.5) is 0 Å². The molecule has 0 saturated carbocycles. The molecule has 6 nitrogen and oxygen atoms in total. The van der Waals surface area contributed by atoms with Crippen LogP contribution >= 0.6 is 0 Å². The Hall–Kier alpha value is -6.53. The number of aromatic nitrogens is 1. The van der Waals surface area contributed by atoms with Gasteiger partial charge < -0.3 is 14.8 Å². The Morgan fingerprint density at radius 2 is 1.02 bits per heavy atom. The monoisotopic (exact) mass is 654 g/mol. The summed E-state index contributed by atoms with van der Waals surface area (Å²) in [5.41, 5.74) is 8.65. The third-order valence-corrected chi connectivity index (χ3v) is 8.40. The third-order valence-electron chi connectivity index (χ3n) is 8.40. The molecule has 6 aromatic rings. The second-order valence-electron chi connectivity index (χ2n) is 11.9. The number of rotatable bonds is 10. The molecule has 1 aliphatic heterocycles. The molecule has 0 amide bonds. The maximum atomic E-state index is 13.3. The van der Waals surface area contributed by atoms with Crippen LogP contribution < -0.4 is 5.32 Å². The summed E-state index contributed by atoms with van der Waals surface area (Å²) in [5, 5.41) is 3.54. The molecule has 1 atom stereocenters. The molecule has 1 aromatic heterocycles. The zero-order chi connectivity index (χ0) is 34.1. The number of nitrogens with one attached hydrogen (secondary N) is 1. The predicted octanol–water partition coefficient (Wildman–Crippen LogP) is 9.13. The van der Waals surface area contributed by atoms with Gasteiger partial charge in [-0.2, -0.15) is 0 Å². The molecule has 0 aliphatic carbocycles. The normalized spacial score (nSPS) is 13.7. The number of hydrogen-bond donors (Lipinski definition) is 1. The number of benzene rings is 5. The van der Waals surface area contributed by atoms with E-state index in [2.05, 4.69) is 5.32 Å². The second kappa shape index (κ2) is 15.1. The summed E-state index contributed by atoms with van der Waals surface area (Å²) in [6.45, 7) is 0.201. The summed E-state index contributed by atoms with van der Waals surface area (Å²) in [4.78, 5) is 31.4. The molecule has 1 aliphatic rings. The molecular weight excluding hydrogens is 620 g/mol. The van der Waals surface area contributed by atoms with Gasteiger partial charge in [-0.3, -0.25) is 0 Å². The van der Waals surface area contributed by atoms with E-state index in [-0.39, 0.29) is 19.3 Å². The Balaban J connectivity index is 1.00. The van der Waals surface area contributed by atoms with E-state index in [0.717, 1.165) is 39.1 Å². The summed E-state index contributed by atoms with van der Waals surface area (Å²) in [6.07, 6.45) is 3.74. The van der Waals surface area contributed by atoms with Crippen molar-refractivity contribution in [1.29, 1.82) is 0 Å². The van der Waals surface area contributed by atoms with Gasteiger partial charge in [0.1, 0.15) is 13.2 Å². The van der Waals surface area contributed by atoms with E-state index in [1.165, 1.54) is 0 Å². The second-order valence-corrected chi connectivity index (χ2v) is 11.9. The van der Waals surface area contributed by atoms with Crippen molar-refractivity contribution in [2.75, 3.05) is 0 Å². The van der Waals surface area contributed by atoms with Gasteiger partial charge in [0.25, 0.3) is 0 Å². The van der Waals surface area contributed by atoms with E-state index >= 15 is 0 Å². The molecule has 0 spiro atoms. The van der Waals surface area contributed by atoms with Gasteiger partial charge in [-0.15, -0.1) is 0 Å². The minimum atomic E-state index is -0.438. The zero-order valence-electron chi connectivity index (χ0n) is 27.2. The summed E-state index contributed by atoms with van der Waals surface area (Å²) in [6, 6.07) is 50.3. The summed E-state index contributed by atoms with van der Waals surface area (Å²) in [7, 11) is 0. The van der Waals surface area contributed by atoms with Crippen molar-refractivity contribution < 1.29 is 19.1 Å². The average molecular weight is 655 g/mol. The lowest BCUT2D eigenvalue weighted by Gasteiger charge is -2.25. The molecule has 0 fully saturated rings. The SMILES string of the molecule is O=C(OCc1ccc(COC(=O)c2cc(-c3ccccc3)nc(-c3ccccc3)c2)cc1)C1=CC(c2ccccc2)NC(c2ccccc2)=C1. The molecule has 2 heterocycles. The number of esters is 2. The quantitative estimate of drug-likeness (QED) is 0.149. The lowest BCUT2D eigenvalue weighted by Crippen LogP contribution is -2.24. The molecule has 0 saturated heterocycles. The largest absolute Gasteiger partial charge is 0.457 e. The Kier molecular flexibility index (Phi) is 9.70. The molecule has 0 bridgehead atoms. The molecular formula is C44H34N2O4. The first-order chi connectivity index (χ1) is 24.6. The predicted molar refractivity (Wildman–Crippen MR) is 195 cm³/mol. The van der Waals surface area contributed by atoms with Gasteiger partial charge in [-0.25, -0.2) is 14.6 Å². The Bertz CT molecular complexity index is 2090. The van der Waals surface area contributed by atoms with Gasteiger partial charge >= 0.3 is 11.9 Å². The smallest absolute Gasteiger partial charge is 0.338 e. The van der Waals surface area contributed by atoms with Crippen molar-refractivity contribution in [1.82, 2.24) is 10.3 Å². The summed E-state index contributed by atoms with van der Waals surface area (Å²) in [5.74, 6) is -0.840. The number of carbonyl (C=O) groups is 2. The van der Waals surface area contributed by atoms with E-state index in [9.17, 15) is 9.59 Å². The Labute approximate surface area is 291 Å². The molecule has 0 radical (unpaired) electrons. The first-order valence-corrected chi connectivity index (χ1v) is 16.4. The van der Waals surface area contributed by atoms with E-state index in [0.29, 0.717) is 22.5 Å².